The fraction of sp³-hybridized carbons (Fsp3) is 0.259. The lowest BCUT2D eigenvalue weighted by Crippen LogP contribution is -2.43. The third kappa shape index (κ3) is 5.84. The van der Waals surface area contributed by atoms with Crippen LogP contribution in [-0.2, 0) is 6.54 Å². The second-order valence-corrected chi connectivity index (χ2v) is 8.53. The summed E-state index contributed by atoms with van der Waals surface area (Å²) in [5.74, 6) is -0.786. The second-order valence-electron chi connectivity index (χ2n) is 8.53. The van der Waals surface area contributed by atoms with Gasteiger partial charge in [-0.3, -0.25) is 9.59 Å². The normalized spacial score (nSPS) is 17.9. The monoisotopic (exact) mass is 445 g/mol. The fourth-order valence-electron chi connectivity index (χ4n) is 4.25. The van der Waals surface area contributed by atoms with Crippen LogP contribution in [0.2, 0.25) is 0 Å². The molecule has 0 aliphatic heterocycles. The minimum absolute atomic E-state index is 0.0537. The van der Waals surface area contributed by atoms with E-state index in [0.29, 0.717) is 23.4 Å². The van der Waals surface area contributed by atoms with Gasteiger partial charge in [0.1, 0.15) is 5.82 Å². The zero-order valence-electron chi connectivity index (χ0n) is 18.4. The molecule has 2 amide bonds. The maximum absolute atomic E-state index is 13.8. The number of halogens is 1. The standard InChI is InChI=1S/C27H28FN3O2/c28-22-8-4-7-21(17-22)27(33)31(25-15-11-23(29)12-16-25)18-19-9-13-24(14-10-19)30-26(32)20-5-2-1-3-6-20/h1-10,13-14,17,23,25H,11-12,15-16,18,29H2,(H,30,32). The maximum Gasteiger partial charge on any atom is 0.255 e. The number of nitrogens with zero attached hydrogens (tertiary/aromatic N) is 1. The van der Waals surface area contributed by atoms with Crippen LogP contribution in [0.1, 0.15) is 52.0 Å². The van der Waals surface area contributed by atoms with Gasteiger partial charge in [-0.15, -0.1) is 0 Å². The van der Waals surface area contributed by atoms with Crippen LogP contribution in [0.5, 0.6) is 0 Å². The lowest BCUT2D eigenvalue weighted by atomic mass is 9.90. The summed E-state index contributed by atoms with van der Waals surface area (Å²) >= 11 is 0. The largest absolute Gasteiger partial charge is 0.331 e. The van der Waals surface area contributed by atoms with Gasteiger partial charge in [-0.2, -0.15) is 0 Å². The number of hydrogen-bond donors (Lipinski definition) is 2. The number of hydrogen-bond acceptors (Lipinski definition) is 3. The second kappa shape index (κ2) is 10.4. The Labute approximate surface area is 193 Å². The van der Waals surface area contributed by atoms with E-state index in [4.69, 9.17) is 5.73 Å². The number of benzene rings is 3. The summed E-state index contributed by atoms with van der Waals surface area (Å²) in [6.07, 6.45) is 3.38. The summed E-state index contributed by atoms with van der Waals surface area (Å²) < 4.78 is 13.8. The predicted octanol–water partition coefficient (Wildman–Crippen LogP) is 4.99. The summed E-state index contributed by atoms with van der Waals surface area (Å²) in [5.41, 5.74) is 8.62. The highest BCUT2D eigenvalue weighted by atomic mass is 19.1. The number of anilines is 1. The Bertz CT molecular complexity index is 1090. The Morgan fingerprint density at radius 1 is 0.879 bits per heavy atom. The zero-order valence-corrected chi connectivity index (χ0v) is 18.4. The number of carbonyl (C=O) groups is 2. The molecule has 0 unspecified atom stereocenters. The lowest BCUT2D eigenvalue weighted by Gasteiger charge is -2.36. The molecule has 3 aromatic rings. The van der Waals surface area contributed by atoms with Crippen LogP contribution in [0.15, 0.2) is 78.9 Å². The van der Waals surface area contributed by atoms with Gasteiger partial charge >= 0.3 is 0 Å². The van der Waals surface area contributed by atoms with Crippen molar-refractivity contribution in [1.82, 2.24) is 4.90 Å². The zero-order chi connectivity index (χ0) is 23.2. The van der Waals surface area contributed by atoms with Gasteiger partial charge in [-0.05, 0) is 73.7 Å². The minimum Gasteiger partial charge on any atom is -0.331 e. The highest BCUT2D eigenvalue weighted by molar-refractivity contribution is 6.04. The van der Waals surface area contributed by atoms with Crippen LogP contribution < -0.4 is 11.1 Å². The molecule has 0 saturated heterocycles. The number of nitrogens with two attached hydrogens (primary N) is 1. The van der Waals surface area contributed by atoms with E-state index in [2.05, 4.69) is 5.32 Å². The number of carbonyl (C=O) groups excluding carboxylic acids is 2. The van der Waals surface area contributed by atoms with Gasteiger partial charge in [0.05, 0.1) is 0 Å². The Kier molecular flexibility index (Phi) is 7.15. The average molecular weight is 446 g/mol. The predicted molar refractivity (Wildman–Crippen MR) is 127 cm³/mol. The first-order chi connectivity index (χ1) is 16.0. The van der Waals surface area contributed by atoms with Crippen molar-refractivity contribution in [1.29, 1.82) is 0 Å². The minimum atomic E-state index is -0.426. The molecule has 0 atom stereocenters. The molecule has 3 N–H and O–H groups in total. The van der Waals surface area contributed by atoms with E-state index in [0.717, 1.165) is 31.2 Å². The van der Waals surface area contributed by atoms with Crippen molar-refractivity contribution in [3.8, 4) is 0 Å². The van der Waals surface area contributed by atoms with Crippen LogP contribution in [0.3, 0.4) is 0 Å². The van der Waals surface area contributed by atoms with Gasteiger partial charge in [0.25, 0.3) is 11.8 Å². The Hall–Kier alpha value is -3.51. The Morgan fingerprint density at radius 2 is 1.55 bits per heavy atom. The number of nitrogens with one attached hydrogen (secondary N) is 1. The highest BCUT2D eigenvalue weighted by Gasteiger charge is 2.28. The van der Waals surface area contributed by atoms with Gasteiger partial charge in [-0.25, -0.2) is 4.39 Å². The SMILES string of the molecule is NC1CCC(N(Cc2ccc(NC(=O)c3ccccc3)cc2)C(=O)c2cccc(F)c2)CC1. The molecule has 6 heteroatoms. The van der Waals surface area contributed by atoms with E-state index >= 15 is 0 Å². The van der Waals surface area contributed by atoms with Crippen LogP contribution in [0, 0.1) is 5.82 Å². The number of rotatable bonds is 6. The molecule has 3 aromatic carbocycles. The summed E-state index contributed by atoms with van der Waals surface area (Å²) in [6, 6.07) is 22.5. The van der Waals surface area contributed by atoms with Crippen molar-refractivity contribution >= 4 is 17.5 Å². The molecule has 0 radical (unpaired) electrons. The summed E-state index contributed by atoms with van der Waals surface area (Å²) in [7, 11) is 0. The van der Waals surface area contributed by atoms with Gasteiger partial charge in [0.15, 0.2) is 0 Å². The molecule has 0 bridgehead atoms. The molecule has 1 aliphatic carbocycles. The quantitative estimate of drug-likeness (QED) is 0.561. The third-order valence-corrected chi connectivity index (χ3v) is 6.12. The first-order valence-electron chi connectivity index (χ1n) is 11.3. The molecule has 0 aromatic heterocycles. The van der Waals surface area contributed by atoms with Crippen LogP contribution in [0.4, 0.5) is 10.1 Å². The van der Waals surface area contributed by atoms with Crippen molar-refractivity contribution in [2.24, 2.45) is 5.73 Å². The molecular formula is C27H28FN3O2. The van der Waals surface area contributed by atoms with E-state index in [1.807, 2.05) is 47.4 Å². The molecule has 0 heterocycles. The molecule has 1 fully saturated rings. The van der Waals surface area contributed by atoms with Crippen LogP contribution in [-0.4, -0.2) is 28.8 Å². The number of amides is 2. The van der Waals surface area contributed by atoms with Crippen LogP contribution >= 0.6 is 0 Å². The van der Waals surface area contributed by atoms with Crippen molar-refractivity contribution < 1.29 is 14.0 Å². The Morgan fingerprint density at radius 3 is 2.21 bits per heavy atom. The smallest absolute Gasteiger partial charge is 0.255 e. The molecule has 1 aliphatic rings. The topological polar surface area (TPSA) is 75.4 Å². The highest BCUT2D eigenvalue weighted by Crippen LogP contribution is 2.26. The van der Waals surface area contributed by atoms with Gasteiger partial charge in [-0.1, -0.05) is 36.4 Å². The van der Waals surface area contributed by atoms with Crippen molar-refractivity contribution in [3.05, 3.63) is 101 Å². The van der Waals surface area contributed by atoms with Crippen molar-refractivity contribution in [3.63, 3.8) is 0 Å². The lowest BCUT2D eigenvalue weighted by molar-refractivity contribution is 0.0606. The Balaban J connectivity index is 1.49. The summed E-state index contributed by atoms with van der Waals surface area (Å²) in [6.45, 7) is 0.405. The van der Waals surface area contributed by atoms with Gasteiger partial charge in [0, 0.05) is 35.4 Å². The van der Waals surface area contributed by atoms with E-state index in [-0.39, 0.29) is 23.9 Å². The molecule has 5 nitrogen and oxygen atoms in total. The molecule has 0 spiro atoms. The van der Waals surface area contributed by atoms with Crippen LogP contribution in [0.25, 0.3) is 0 Å². The first-order valence-corrected chi connectivity index (χ1v) is 11.3. The molecule has 33 heavy (non-hydrogen) atoms. The third-order valence-electron chi connectivity index (χ3n) is 6.12. The van der Waals surface area contributed by atoms with E-state index < -0.39 is 5.82 Å². The first kappa shape index (κ1) is 22.7. The molecule has 170 valence electrons. The average Bonchev–Trinajstić information content (AvgIpc) is 2.84. The van der Waals surface area contributed by atoms with Crippen molar-refractivity contribution in [2.45, 2.75) is 44.3 Å². The fourth-order valence-corrected chi connectivity index (χ4v) is 4.25. The molecule has 1 saturated carbocycles. The van der Waals surface area contributed by atoms with Crippen molar-refractivity contribution in [2.75, 3.05) is 5.32 Å². The van der Waals surface area contributed by atoms with Gasteiger partial charge < -0.3 is 16.0 Å². The maximum atomic E-state index is 13.8. The summed E-state index contributed by atoms with van der Waals surface area (Å²) in [4.78, 5) is 27.5. The van der Waals surface area contributed by atoms with Gasteiger partial charge in [0.2, 0.25) is 0 Å². The molecular weight excluding hydrogens is 417 g/mol. The summed E-state index contributed by atoms with van der Waals surface area (Å²) in [5, 5.41) is 2.89. The van der Waals surface area contributed by atoms with E-state index in [1.165, 1.54) is 12.1 Å². The molecule has 4 rings (SSSR count). The van der Waals surface area contributed by atoms with E-state index in [1.54, 1.807) is 24.3 Å². The van der Waals surface area contributed by atoms with E-state index in [9.17, 15) is 14.0 Å².